The highest BCUT2D eigenvalue weighted by atomic mass is 35.5. The number of anilines is 2. The van der Waals surface area contributed by atoms with Gasteiger partial charge >= 0.3 is 0 Å². The maximum absolute atomic E-state index is 14.0. The predicted octanol–water partition coefficient (Wildman–Crippen LogP) is 3.41. The van der Waals surface area contributed by atoms with Gasteiger partial charge in [-0.1, -0.05) is 28.8 Å². The van der Waals surface area contributed by atoms with Crippen molar-refractivity contribution in [3.05, 3.63) is 64.1 Å². The van der Waals surface area contributed by atoms with Gasteiger partial charge in [0.1, 0.15) is 23.4 Å². The molecule has 1 aromatic heterocycles. The summed E-state index contributed by atoms with van der Waals surface area (Å²) < 4.78 is 26.0. The Labute approximate surface area is 181 Å². The number of fused-ring (bicyclic) bond motifs is 1. The lowest BCUT2D eigenvalue weighted by atomic mass is 9.95. The first-order valence-electron chi connectivity index (χ1n) is 9.17. The van der Waals surface area contributed by atoms with E-state index in [0.717, 1.165) is 0 Å². The van der Waals surface area contributed by atoms with Crippen molar-refractivity contribution >= 4 is 29.1 Å². The Balaban J connectivity index is 1.77. The molecule has 1 aliphatic heterocycles. The number of allylic oxidation sites excluding steroid dienone is 1. The van der Waals surface area contributed by atoms with Crippen LogP contribution in [0.3, 0.4) is 0 Å². The topological polar surface area (TPSA) is 103 Å². The lowest BCUT2D eigenvalue weighted by Crippen LogP contribution is -2.31. The number of benzene rings is 2. The van der Waals surface area contributed by atoms with Crippen molar-refractivity contribution in [3.8, 4) is 11.5 Å². The van der Waals surface area contributed by atoms with Crippen LogP contribution in [0.1, 0.15) is 18.5 Å². The monoisotopic (exact) mass is 444 g/mol. The number of nitrogens with one attached hydrogen (secondary N) is 2. The summed E-state index contributed by atoms with van der Waals surface area (Å²) >= 11 is 6.15. The van der Waals surface area contributed by atoms with E-state index in [9.17, 15) is 9.18 Å². The Kier molecular flexibility index (Phi) is 5.47. The van der Waals surface area contributed by atoms with Gasteiger partial charge in [0.2, 0.25) is 5.95 Å². The molecule has 4 rings (SSSR count). The second kappa shape index (κ2) is 8.23. The van der Waals surface area contributed by atoms with Gasteiger partial charge in [-0.2, -0.15) is 4.68 Å². The van der Waals surface area contributed by atoms with E-state index in [4.69, 9.17) is 21.1 Å². The summed E-state index contributed by atoms with van der Waals surface area (Å²) in [5.41, 5.74) is 1.70. The number of rotatable bonds is 5. The normalized spacial score (nSPS) is 15.2. The molecule has 0 bridgehead atoms. The van der Waals surface area contributed by atoms with Gasteiger partial charge in [-0.05, 0) is 35.0 Å². The third kappa shape index (κ3) is 3.77. The molecule has 2 heterocycles. The SMILES string of the molecule is COc1cc(NC(=O)C2=C(C)Nc3nnnn3C2c2cccc(F)c2)c(OC)cc1Cl. The molecule has 1 unspecified atom stereocenters. The zero-order valence-corrected chi connectivity index (χ0v) is 17.6. The summed E-state index contributed by atoms with van der Waals surface area (Å²) in [7, 11) is 2.93. The maximum atomic E-state index is 14.0. The third-order valence-electron chi connectivity index (χ3n) is 4.85. The molecule has 11 heteroatoms. The smallest absolute Gasteiger partial charge is 0.255 e. The molecule has 1 atom stereocenters. The van der Waals surface area contributed by atoms with Crippen molar-refractivity contribution in [1.82, 2.24) is 20.2 Å². The van der Waals surface area contributed by atoms with Crippen molar-refractivity contribution in [2.24, 2.45) is 0 Å². The quantitative estimate of drug-likeness (QED) is 0.621. The lowest BCUT2D eigenvalue weighted by Gasteiger charge is -2.28. The van der Waals surface area contributed by atoms with Gasteiger partial charge in [0, 0.05) is 17.8 Å². The van der Waals surface area contributed by atoms with Gasteiger partial charge in [-0.3, -0.25) is 4.79 Å². The van der Waals surface area contributed by atoms with Crippen LogP contribution in [0.5, 0.6) is 11.5 Å². The average Bonchev–Trinajstić information content (AvgIpc) is 3.21. The minimum absolute atomic E-state index is 0.307. The molecule has 0 aliphatic carbocycles. The Hall–Kier alpha value is -3.66. The van der Waals surface area contributed by atoms with E-state index in [2.05, 4.69) is 26.2 Å². The number of aromatic nitrogens is 4. The van der Waals surface area contributed by atoms with E-state index in [1.165, 1.54) is 31.0 Å². The zero-order chi connectivity index (χ0) is 22.1. The number of methoxy groups -OCH3 is 2. The van der Waals surface area contributed by atoms with Crippen molar-refractivity contribution in [3.63, 3.8) is 0 Å². The first-order chi connectivity index (χ1) is 14.9. The van der Waals surface area contributed by atoms with Crippen LogP contribution in [0.2, 0.25) is 5.02 Å². The number of ether oxygens (including phenoxy) is 2. The van der Waals surface area contributed by atoms with E-state index in [-0.39, 0.29) is 0 Å². The van der Waals surface area contributed by atoms with Crippen molar-refractivity contribution < 1.29 is 18.7 Å². The highest BCUT2D eigenvalue weighted by Gasteiger charge is 2.34. The minimum atomic E-state index is -0.748. The number of tetrazole rings is 1. The van der Waals surface area contributed by atoms with Crippen LogP contribution in [0.4, 0.5) is 16.0 Å². The third-order valence-corrected chi connectivity index (χ3v) is 5.14. The molecule has 3 aromatic rings. The van der Waals surface area contributed by atoms with Crippen molar-refractivity contribution in [2.45, 2.75) is 13.0 Å². The van der Waals surface area contributed by atoms with E-state index in [1.54, 1.807) is 31.2 Å². The molecule has 0 saturated heterocycles. The number of carbonyl (C=O) groups excluding carboxylic acids is 1. The van der Waals surface area contributed by atoms with Crippen molar-refractivity contribution in [2.75, 3.05) is 24.9 Å². The summed E-state index contributed by atoms with van der Waals surface area (Å²) in [6.45, 7) is 1.72. The van der Waals surface area contributed by atoms with Crippen LogP contribution < -0.4 is 20.1 Å². The second-order valence-electron chi connectivity index (χ2n) is 6.71. The van der Waals surface area contributed by atoms with Crippen molar-refractivity contribution in [1.29, 1.82) is 0 Å². The number of halogens is 2. The summed E-state index contributed by atoms with van der Waals surface area (Å²) in [5, 5.41) is 17.7. The minimum Gasteiger partial charge on any atom is -0.495 e. The maximum Gasteiger partial charge on any atom is 0.255 e. The fraction of sp³-hybridized carbons (Fsp3) is 0.200. The summed E-state index contributed by atoms with van der Waals surface area (Å²) in [4.78, 5) is 13.4. The molecule has 160 valence electrons. The molecule has 1 amide bonds. The first-order valence-corrected chi connectivity index (χ1v) is 9.54. The molecule has 9 nitrogen and oxygen atoms in total. The Morgan fingerprint density at radius 3 is 2.71 bits per heavy atom. The summed E-state index contributed by atoms with van der Waals surface area (Å²) in [5.74, 6) is 0.172. The number of hydrogen-bond donors (Lipinski definition) is 2. The van der Waals surface area contributed by atoms with E-state index >= 15 is 0 Å². The Bertz CT molecular complexity index is 1200. The van der Waals surface area contributed by atoms with Crippen LogP contribution in [-0.2, 0) is 4.79 Å². The Morgan fingerprint density at radius 2 is 2.00 bits per heavy atom. The molecular formula is C20H18ClFN6O3. The van der Waals surface area contributed by atoms with Gasteiger partial charge in [-0.25, -0.2) is 4.39 Å². The highest BCUT2D eigenvalue weighted by Crippen LogP contribution is 2.38. The van der Waals surface area contributed by atoms with Crippen LogP contribution in [0.25, 0.3) is 0 Å². The standard InChI is InChI=1S/C20H18ClFN6O3/c1-10-17(19(29)24-14-9-15(30-2)13(21)8-16(14)31-3)18(11-5-4-6-12(22)7-11)28-20(23-10)25-26-27-28/h4-9,18H,1-3H3,(H,24,29)(H,23,25,27). The fourth-order valence-electron chi connectivity index (χ4n) is 3.44. The molecule has 31 heavy (non-hydrogen) atoms. The number of nitrogens with zero attached hydrogens (tertiary/aromatic N) is 4. The van der Waals surface area contributed by atoms with Crippen LogP contribution >= 0.6 is 11.6 Å². The molecular weight excluding hydrogens is 427 g/mol. The van der Waals surface area contributed by atoms with E-state index < -0.39 is 17.8 Å². The molecule has 0 fully saturated rings. The molecule has 1 aliphatic rings. The molecule has 0 saturated carbocycles. The lowest BCUT2D eigenvalue weighted by molar-refractivity contribution is -0.113. The van der Waals surface area contributed by atoms with Crippen LogP contribution in [-0.4, -0.2) is 40.3 Å². The highest BCUT2D eigenvalue weighted by molar-refractivity contribution is 6.32. The zero-order valence-electron chi connectivity index (χ0n) is 16.8. The molecule has 0 spiro atoms. The number of carbonyl (C=O) groups is 1. The molecule has 2 aromatic carbocycles. The number of amides is 1. The van der Waals surface area contributed by atoms with E-state index in [0.29, 0.717) is 45.0 Å². The van der Waals surface area contributed by atoms with Crippen LogP contribution in [0, 0.1) is 5.82 Å². The van der Waals surface area contributed by atoms with Gasteiger partial charge in [0.25, 0.3) is 5.91 Å². The van der Waals surface area contributed by atoms with Crippen LogP contribution in [0.15, 0.2) is 47.7 Å². The fourth-order valence-corrected chi connectivity index (χ4v) is 3.67. The van der Waals surface area contributed by atoms with Gasteiger partial charge in [-0.15, -0.1) is 0 Å². The van der Waals surface area contributed by atoms with Gasteiger partial charge in [0.05, 0.1) is 30.5 Å². The first kappa shape index (κ1) is 20.6. The Morgan fingerprint density at radius 1 is 1.23 bits per heavy atom. The summed E-state index contributed by atoms with van der Waals surface area (Å²) in [6, 6.07) is 8.29. The molecule has 0 radical (unpaired) electrons. The largest absolute Gasteiger partial charge is 0.495 e. The van der Waals surface area contributed by atoms with Gasteiger partial charge in [0.15, 0.2) is 0 Å². The second-order valence-corrected chi connectivity index (χ2v) is 7.12. The van der Waals surface area contributed by atoms with Gasteiger partial charge < -0.3 is 20.1 Å². The summed E-state index contributed by atoms with van der Waals surface area (Å²) in [6.07, 6.45) is 0. The predicted molar refractivity (Wildman–Crippen MR) is 112 cm³/mol. The number of hydrogen-bond acceptors (Lipinski definition) is 7. The van der Waals surface area contributed by atoms with E-state index in [1.807, 2.05) is 0 Å². The molecule has 2 N–H and O–H groups in total. The average molecular weight is 445 g/mol.